The van der Waals surface area contributed by atoms with Gasteiger partial charge in [-0.15, -0.1) is 11.6 Å². The summed E-state index contributed by atoms with van der Waals surface area (Å²) in [6, 6.07) is 0. The summed E-state index contributed by atoms with van der Waals surface area (Å²) < 4.78 is 4.30. The Labute approximate surface area is 107 Å². The summed E-state index contributed by atoms with van der Waals surface area (Å²) in [5.74, 6) is -0.107. The van der Waals surface area contributed by atoms with E-state index in [1.54, 1.807) is 0 Å². The zero-order valence-electron chi connectivity index (χ0n) is 8.23. The first-order chi connectivity index (χ1) is 7.51. The lowest BCUT2D eigenvalue weighted by Crippen LogP contribution is -2.44. The summed E-state index contributed by atoms with van der Waals surface area (Å²) >= 11 is 17.5. The molecule has 1 atom stereocenters. The number of hydrogen-bond donors (Lipinski definition) is 1. The predicted octanol–water partition coefficient (Wildman–Crippen LogP) is 1.55. The zero-order valence-corrected chi connectivity index (χ0v) is 10.5. The molecule has 1 rings (SSSR count). The minimum atomic E-state index is -1.43. The molecule has 0 aliphatic carbocycles. The predicted molar refractivity (Wildman–Crippen MR) is 59.8 cm³/mol. The number of nitrogens with one attached hydrogen (secondary N) is 1. The minimum absolute atomic E-state index is 0.107. The van der Waals surface area contributed by atoms with Crippen molar-refractivity contribution in [1.29, 1.82) is 0 Å². The van der Waals surface area contributed by atoms with Crippen LogP contribution in [0, 0.1) is 0 Å². The first-order valence-corrected chi connectivity index (χ1v) is 5.42. The van der Waals surface area contributed by atoms with Gasteiger partial charge in [0.25, 0.3) is 0 Å². The van der Waals surface area contributed by atoms with Gasteiger partial charge in [0.15, 0.2) is 10.5 Å². The maximum atomic E-state index is 11.1. The molecule has 0 bridgehead atoms. The van der Waals surface area contributed by atoms with Crippen molar-refractivity contribution < 1.29 is 9.53 Å². The van der Waals surface area contributed by atoms with Crippen LogP contribution in [0.1, 0.15) is 6.17 Å². The topological polar surface area (TPSA) is 69.0 Å². The van der Waals surface area contributed by atoms with Gasteiger partial charge in [-0.25, -0.2) is 14.5 Å². The van der Waals surface area contributed by atoms with E-state index in [2.05, 4.69) is 20.1 Å². The lowest BCUT2D eigenvalue weighted by atomic mass is 10.3. The molecule has 0 aliphatic heterocycles. The Balaban J connectivity index is 2.90. The van der Waals surface area contributed by atoms with Gasteiger partial charge in [-0.1, -0.05) is 23.2 Å². The molecular formula is C7H9Cl3N4O2. The van der Waals surface area contributed by atoms with Crippen molar-refractivity contribution in [2.45, 2.75) is 10.5 Å². The molecular weight excluding hydrogens is 278 g/mol. The molecule has 0 saturated heterocycles. The molecule has 0 aromatic carbocycles. The van der Waals surface area contributed by atoms with Crippen molar-refractivity contribution in [1.82, 2.24) is 20.1 Å². The molecule has 1 N–H and O–H groups in total. The van der Waals surface area contributed by atoms with Gasteiger partial charge in [0, 0.05) is 0 Å². The highest BCUT2D eigenvalue weighted by molar-refractivity contribution is 6.51. The number of alkyl carbamates (subject to hydrolysis) is 1. The fourth-order valence-corrected chi connectivity index (χ4v) is 1.41. The number of carbonyl (C=O) groups excluding carboxylic acids is 1. The van der Waals surface area contributed by atoms with Crippen molar-refractivity contribution in [2.24, 2.45) is 0 Å². The van der Waals surface area contributed by atoms with Gasteiger partial charge in [-0.2, -0.15) is 5.10 Å². The zero-order chi connectivity index (χ0) is 12.2. The Hall–Kier alpha value is -0.720. The van der Waals surface area contributed by atoms with Crippen molar-refractivity contribution in [3.05, 3.63) is 12.7 Å². The van der Waals surface area contributed by atoms with E-state index in [-0.39, 0.29) is 5.88 Å². The van der Waals surface area contributed by atoms with Crippen LogP contribution >= 0.6 is 34.8 Å². The minimum Gasteiger partial charge on any atom is -0.453 e. The third-order valence-corrected chi connectivity index (χ3v) is 3.10. The number of alkyl halides is 3. The second-order valence-corrected chi connectivity index (χ2v) is 4.62. The van der Waals surface area contributed by atoms with Crippen LogP contribution in [0.4, 0.5) is 4.79 Å². The molecule has 0 spiro atoms. The smallest absolute Gasteiger partial charge is 0.408 e. The lowest BCUT2D eigenvalue weighted by Gasteiger charge is -2.27. The second kappa shape index (κ2) is 5.56. The normalized spacial score (nSPS) is 13.2. The third-order valence-electron chi connectivity index (χ3n) is 1.72. The van der Waals surface area contributed by atoms with E-state index in [0.717, 1.165) is 0 Å². The van der Waals surface area contributed by atoms with Crippen LogP contribution in [0.2, 0.25) is 0 Å². The Kier molecular flexibility index (Phi) is 4.64. The first-order valence-electron chi connectivity index (χ1n) is 4.13. The standard InChI is InChI=1S/C7H9Cl3N4O2/c1-16-6(15)13-5(7(9,10)2-8)14-4-11-3-12-14/h3-5H,2H2,1H3,(H,13,15). The van der Waals surface area contributed by atoms with Crippen molar-refractivity contribution >= 4 is 40.9 Å². The molecule has 0 radical (unpaired) electrons. The van der Waals surface area contributed by atoms with E-state index in [1.165, 1.54) is 24.4 Å². The molecule has 1 aromatic heterocycles. The Morgan fingerprint density at radius 3 is 2.81 bits per heavy atom. The highest BCUT2D eigenvalue weighted by Crippen LogP contribution is 2.33. The molecule has 1 heterocycles. The summed E-state index contributed by atoms with van der Waals surface area (Å²) in [4.78, 5) is 14.8. The van der Waals surface area contributed by atoms with Crippen LogP contribution in [0.3, 0.4) is 0 Å². The van der Waals surface area contributed by atoms with E-state index in [9.17, 15) is 4.79 Å². The second-order valence-electron chi connectivity index (χ2n) is 2.81. The molecule has 90 valence electrons. The number of aromatic nitrogens is 3. The van der Waals surface area contributed by atoms with Gasteiger partial charge >= 0.3 is 6.09 Å². The van der Waals surface area contributed by atoms with E-state index in [1.807, 2.05) is 0 Å². The molecule has 0 saturated carbocycles. The highest BCUT2D eigenvalue weighted by Gasteiger charge is 2.37. The number of ether oxygens (including phenoxy) is 1. The van der Waals surface area contributed by atoms with Crippen LogP contribution in [-0.2, 0) is 4.74 Å². The van der Waals surface area contributed by atoms with E-state index in [4.69, 9.17) is 34.8 Å². The number of methoxy groups -OCH3 is 1. The Morgan fingerprint density at radius 1 is 1.69 bits per heavy atom. The average Bonchev–Trinajstić information content (AvgIpc) is 2.78. The van der Waals surface area contributed by atoms with Crippen molar-refractivity contribution in [2.75, 3.05) is 13.0 Å². The highest BCUT2D eigenvalue weighted by atomic mass is 35.5. The molecule has 1 aromatic rings. The van der Waals surface area contributed by atoms with Crippen molar-refractivity contribution in [3.8, 4) is 0 Å². The van der Waals surface area contributed by atoms with Crippen LogP contribution in [0.15, 0.2) is 12.7 Å². The molecule has 1 unspecified atom stereocenters. The molecule has 1 amide bonds. The summed E-state index contributed by atoms with van der Waals surface area (Å²) in [6.07, 6.45) is 1.07. The fraction of sp³-hybridized carbons (Fsp3) is 0.571. The molecule has 9 heteroatoms. The monoisotopic (exact) mass is 286 g/mol. The Bertz CT molecular complexity index is 343. The van der Waals surface area contributed by atoms with Crippen LogP contribution in [0.5, 0.6) is 0 Å². The van der Waals surface area contributed by atoms with Crippen LogP contribution in [-0.4, -0.2) is 38.2 Å². The quantitative estimate of drug-likeness (QED) is 0.853. The number of halogens is 3. The maximum Gasteiger partial charge on any atom is 0.408 e. The number of amides is 1. The molecule has 6 nitrogen and oxygen atoms in total. The molecule has 0 aliphatic rings. The number of rotatable bonds is 4. The van der Waals surface area contributed by atoms with Gasteiger partial charge in [0.1, 0.15) is 12.7 Å². The maximum absolute atomic E-state index is 11.1. The van der Waals surface area contributed by atoms with Gasteiger partial charge in [0.05, 0.1) is 13.0 Å². The lowest BCUT2D eigenvalue weighted by molar-refractivity contribution is 0.158. The van der Waals surface area contributed by atoms with Gasteiger partial charge < -0.3 is 4.74 Å². The van der Waals surface area contributed by atoms with Gasteiger partial charge in [0.2, 0.25) is 0 Å². The summed E-state index contributed by atoms with van der Waals surface area (Å²) in [5.41, 5.74) is 0. The summed E-state index contributed by atoms with van der Waals surface area (Å²) in [7, 11) is 1.22. The van der Waals surface area contributed by atoms with Crippen molar-refractivity contribution in [3.63, 3.8) is 0 Å². The number of nitrogens with zero attached hydrogens (tertiary/aromatic N) is 3. The molecule has 0 fully saturated rings. The first kappa shape index (κ1) is 13.3. The Morgan fingerprint density at radius 2 is 2.38 bits per heavy atom. The molecule has 16 heavy (non-hydrogen) atoms. The van der Waals surface area contributed by atoms with Crippen LogP contribution < -0.4 is 5.32 Å². The fourth-order valence-electron chi connectivity index (χ4n) is 0.960. The average molecular weight is 288 g/mol. The van der Waals surface area contributed by atoms with Crippen LogP contribution in [0.25, 0.3) is 0 Å². The van der Waals surface area contributed by atoms with E-state index < -0.39 is 16.6 Å². The van der Waals surface area contributed by atoms with Gasteiger partial charge in [-0.3, -0.25) is 5.32 Å². The van der Waals surface area contributed by atoms with Gasteiger partial charge in [-0.05, 0) is 0 Å². The van der Waals surface area contributed by atoms with E-state index in [0.29, 0.717) is 0 Å². The number of hydrogen-bond acceptors (Lipinski definition) is 4. The summed E-state index contributed by atoms with van der Waals surface area (Å²) in [6.45, 7) is 0. The van der Waals surface area contributed by atoms with E-state index >= 15 is 0 Å². The number of carbonyl (C=O) groups is 1. The summed E-state index contributed by atoms with van der Waals surface area (Å²) in [5, 5.41) is 6.24. The SMILES string of the molecule is COC(=O)NC(n1cncn1)C(Cl)(Cl)CCl. The third kappa shape index (κ3) is 3.13. The largest absolute Gasteiger partial charge is 0.453 e.